The molecule has 1 aliphatic heterocycles. The molecule has 1 heterocycles. The van der Waals surface area contributed by atoms with E-state index in [-0.39, 0.29) is 5.91 Å². The molecular formula is C9H19NO2. The smallest absolute Gasteiger partial charge is 0.220 e. The number of hydrogen-bond acceptors (Lipinski definition) is 2. The van der Waals surface area contributed by atoms with Crippen LogP contribution in [0.25, 0.3) is 0 Å². The predicted molar refractivity (Wildman–Crippen MR) is 49.0 cm³/mol. The van der Waals surface area contributed by atoms with Gasteiger partial charge in [-0.15, -0.1) is 0 Å². The minimum Gasteiger partial charge on any atom is -0.381 e. The molecule has 1 N–H and O–H groups in total. The summed E-state index contributed by atoms with van der Waals surface area (Å²) in [6.45, 7) is 8.18. The first-order valence-electron chi connectivity index (χ1n) is 4.67. The summed E-state index contributed by atoms with van der Waals surface area (Å²) in [5, 5.41) is 2.75. The molecule has 0 saturated carbocycles. The summed E-state index contributed by atoms with van der Waals surface area (Å²) in [7, 11) is 0. The predicted octanol–water partition coefficient (Wildman–Crippen LogP) is 1.19. The van der Waals surface area contributed by atoms with Gasteiger partial charge >= 0.3 is 0 Å². The highest BCUT2D eigenvalue weighted by Crippen LogP contribution is 2.13. The van der Waals surface area contributed by atoms with Crippen LogP contribution < -0.4 is 5.32 Å². The molecule has 1 amide bonds. The van der Waals surface area contributed by atoms with E-state index < -0.39 is 0 Å². The molecule has 0 spiro atoms. The summed E-state index contributed by atoms with van der Waals surface area (Å²) >= 11 is 0. The lowest BCUT2D eigenvalue weighted by atomic mass is 10.0. The Kier molecular flexibility index (Phi) is 6.76. The Labute approximate surface area is 74.5 Å². The van der Waals surface area contributed by atoms with E-state index in [9.17, 15) is 4.79 Å². The second-order valence-electron chi connectivity index (χ2n) is 2.56. The second kappa shape index (κ2) is 7.10. The van der Waals surface area contributed by atoms with Crippen LogP contribution >= 0.6 is 0 Å². The molecule has 1 aliphatic rings. The maximum atomic E-state index is 10.9. The van der Waals surface area contributed by atoms with E-state index in [1.165, 1.54) is 0 Å². The van der Waals surface area contributed by atoms with Gasteiger partial charge in [0.25, 0.3) is 0 Å². The van der Waals surface area contributed by atoms with Crippen molar-refractivity contribution in [2.45, 2.75) is 27.2 Å². The largest absolute Gasteiger partial charge is 0.381 e. The number of ether oxygens (including phenoxy) is 1. The Balaban J connectivity index is 0.000000561. The molecule has 3 heteroatoms. The fourth-order valence-corrected chi connectivity index (χ4v) is 0.934. The van der Waals surface area contributed by atoms with Crippen molar-refractivity contribution in [2.75, 3.05) is 19.8 Å². The summed E-state index contributed by atoms with van der Waals surface area (Å²) in [5.74, 6) is 0.627. The number of amides is 1. The van der Waals surface area contributed by atoms with E-state index in [4.69, 9.17) is 4.74 Å². The van der Waals surface area contributed by atoms with Gasteiger partial charge in [-0.2, -0.15) is 0 Å². The van der Waals surface area contributed by atoms with Gasteiger partial charge in [0, 0.05) is 18.9 Å². The van der Waals surface area contributed by atoms with Crippen molar-refractivity contribution in [3.8, 4) is 0 Å². The highest BCUT2D eigenvalue weighted by Gasteiger charge is 2.20. The molecule has 0 radical (unpaired) electrons. The van der Waals surface area contributed by atoms with Gasteiger partial charge in [0.1, 0.15) is 0 Å². The molecule has 0 aliphatic carbocycles. The van der Waals surface area contributed by atoms with Crippen molar-refractivity contribution < 1.29 is 9.53 Å². The molecule has 72 valence electrons. The number of carbonyl (C=O) groups is 1. The lowest BCUT2D eigenvalue weighted by molar-refractivity contribution is -0.126. The maximum absolute atomic E-state index is 10.9. The van der Waals surface area contributed by atoms with E-state index >= 15 is 0 Å². The van der Waals surface area contributed by atoms with Crippen LogP contribution in [0.15, 0.2) is 0 Å². The summed E-state index contributed by atoms with van der Waals surface area (Å²) in [6, 6.07) is 0. The third-order valence-corrected chi connectivity index (χ3v) is 1.56. The Morgan fingerprint density at radius 3 is 2.42 bits per heavy atom. The fraction of sp³-hybridized carbons (Fsp3) is 0.889. The standard InChI is InChI=1S/C7H13NO2.C2H6/c1-2-8-7(9)3-6-4-10-5-6;1-2/h6H,2-5H2,1H3,(H,8,9);1-2H3. The first-order chi connectivity index (χ1) is 5.83. The summed E-state index contributed by atoms with van der Waals surface area (Å²) in [6.07, 6.45) is 0.633. The van der Waals surface area contributed by atoms with Crippen LogP contribution in [-0.4, -0.2) is 25.7 Å². The molecule has 3 nitrogen and oxygen atoms in total. The van der Waals surface area contributed by atoms with Gasteiger partial charge in [0.15, 0.2) is 0 Å². The molecule has 1 fully saturated rings. The van der Waals surface area contributed by atoms with Crippen molar-refractivity contribution in [3.63, 3.8) is 0 Å². The first-order valence-corrected chi connectivity index (χ1v) is 4.67. The summed E-state index contributed by atoms with van der Waals surface area (Å²) in [5.41, 5.74) is 0. The Hall–Kier alpha value is -0.570. The molecule has 0 aromatic heterocycles. The van der Waals surface area contributed by atoms with Crippen LogP contribution in [-0.2, 0) is 9.53 Å². The van der Waals surface area contributed by atoms with E-state index in [1.54, 1.807) is 0 Å². The van der Waals surface area contributed by atoms with Crippen LogP contribution in [0.1, 0.15) is 27.2 Å². The van der Waals surface area contributed by atoms with E-state index in [1.807, 2.05) is 20.8 Å². The average Bonchev–Trinajstić information content (AvgIpc) is 2.02. The van der Waals surface area contributed by atoms with E-state index in [2.05, 4.69) is 5.32 Å². The van der Waals surface area contributed by atoms with Crippen molar-refractivity contribution >= 4 is 5.91 Å². The molecule has 0 atom stereocenters. The minimum absolute atomic E-state index is 0.149. The lowest BCUT2D eigenvalue weighted by Crippen LogP contribution is -2.34. The topological polar surface area (TPSA) is 38.3 Å². The monoisotopic (exact) mass is 173 g/mol. The lowest BCUT2D eigenvalue weighted by Gasteiger charge is -2.24. The van der Waals surface area contributed by atoms with Crippen LogP contribution in [0.3, 0.4) is 0 Å². The molecule has 12 heavy (non-hydrogen) atoms. The van der Waals surface area contributed by atoms with Crippen molar-refractivity contribution in [1.82, 2.24) is 5.32 Å². The second-order valence-corrected chi connectivity index (χ2v) is 2.56. The summed E-state index contributed by atoms with van der Waals surface area (Å²) < 4.78 is 4.93. The van der Waals surface area contributed by atoms with E-state index in [0.717, 1.165) is 19.8 Å². The molecule has 0 aromatic rings. The van der Waals surface area contributed by atoms with Gasteiger partial charge in [-0.25, -0.2) is 0 Å². The maximum Gasteiger partial charge on any atom is 0.220 e. The first kappa shape index (κ1) is 11.4. The van der Waals surface area contributed by atoms with Crippen molar-refractivity contribution in [1.29, 1.82) is 0 Å². The third kappa shape index (κ3) is 4.34. The summed E-state index contributed by atoms with van der Waals surface area (Å²) in [4.78, 5) is 10.9. The van der Waals surface area contributed by atoms with E-state index in [0.29, 0.717) is 12.3 Å². The van der Waals surface area contributed by atoms with Gasteiger partial charge in [0.2, 0.25) is 5.91 Å². The Bertz CT molecular complexity index is 122. The SMILES string of the molecule is CC.CCNC(=O)CC1COC1. The van der Waals surface area contributed by atoms with Gasteiger partial charge in [-0.3, -0.25) is 4.79 Å². The zero-order chi connectivity index (χ0) is 9.40. The van der Waals surface area contributed by atoms with Gasteiger partial charge in [-0.1, -0.05) is 13.8 Å². The van der Waals surface area contributed by atoms with Gasteiger partial charge < -0.3 is 10.1 Å². The highest BCUT2D eigenvalue weighted by molar-refractivity contribution is 5.76. The molecule has 0 aromatic carbocycles. The van der Waals surface area contributed by atoms with Gasteiger partial charge in [0.05, 0.1) is 13.2 Å². The number of nitrogens with one attached hydrogen (secondary N) is 1. The zero-order valence-corrected chi connectivity index (χ0v) is 8.22. The van der Waals surface area contributed by atoms with Crippen LogP contribution in [0.5, 0.6) is 0 Å². The third-order valence-electron chi connectivity index (χ3n) is 1.56. The van der Waals surface area contributed by atoms with Crippen LogP contribution in [0, 0.1) is 5.92 Å². The number of rotatable bonds is 3. The zero-order valence-electron chi connectivity index (χ0n) is 8.22. The fourth-order valence-electron chi connectivity index (χ4n) is 0.934. The molecular weight excluding hydrogens is 154 g/mol. The normalized spacial score (nSPS) is 15.6. The Morgan fingerprint density at radius 2 is 2.08 bits per heavy atom. The quantitative estimate of drug-likeness (QED) is 0.696. The minimum atomic E-state index is 0.149. The van der Waals surface area contributed by atoms with Crippen molar-refractivity contribution in [3.05, 3.63) is 0 Å². The molecule has 1 rings (SSSR count). The Morgan fingerprint density at radius 1 is 1.50 bits per heavy atom. The highest BCUT2D eigenvalue weighted by atomic mass is 16.5. The number of hydrogen-bond donors (Lipinski definition) is 1. The van der Waals surface area contributed by atoms with Crippen LogP contribution in [0.2, 0.25) is 0 Å². The molecule has 0 unspecified atom stereocenters. The molecule has 1 saturated heterocycles. The van der Waals surface area contributed by atoms with Crippen LogP contribution in [0.4, 0.5) is 0 Å². The van der Waals surface area contributed by atoms with Crippen molar-refractivity contribution in [2.24, 2.45) is 5.92 Å². The van der Waals surface area contributed by atoms with Gasteiger partial charge in [-0.05, 0) is 6.92 Å². The average molecular weight is 173 g/mol. The molecule has 0 bridgehead atoms. The number of carbonyl (C=O) groups excluding carboxylic acids is 1.